The van der Waals surface area contributed by atoms with Crippen LogP contribution >= 0.6 is 0 Å². The van der Waals surface area contributed by atoms with Crippen LogP contribution in [0.5, 0.6) is 23.4 Å². The Morgan fingerprint density at radius 3 is 1.41 bits per heavy atom. The average molecular weight is 1320 g/mol. The minimum atomic E-state index is -5.78. The van der Waals surface area contributed by atoms with E-state index in [9.17, 15) is 46.2 Å². The van der Waals surface area contributed by atoms with Gasteiger partial charge in [0.15, 0.2) is 0 Å². The number of aryl methyl sites for hydroxylation is 4. The molecule has 3 fully saturated rings. The first-order valence-corrected chi connectivity index (χ1v) is 31.7. The van der Waals surface area contributed by atoms with Crippen molar-refractivity contribution in [2.75, 3.05) is 79.3 Å². The van der Waals surface area contributed by atoms with Crippen LogP contribution in [0.3, 0.4) is 0 Å². The monoisotopic (exact) mass is 1320 g/mol. The summed E-state index contributed by atoms with van der Waals surface area (Å²) >= 11 is 0. The van der Waals surface area contributed by atoms with Gasteiger partial charge >= 0.3 is 32.7 Å². The van der Waals surface area contributed by atoms with Crippen molar-refractivity contribution in [2.45, 2.75) is 130 Å². The second kappa shape index (κ2) is 32.1. The van der Waals surface area contributed by atoms with Crippen molar-refractivity contribution in [1.82, 2.24) is 28.7 Å². The molecular formula is C66H81F3N6O17S. The largest absolute Gasteiger partial charge is 0.534 e. The van der Waals surface area contributed by atoms with Crippen molar-refractivity contribution in [3.63, 3.8) is 0 Å². The molecule has 0 bridgehead atoms. The van der Waals surface area contributed by atoms with Gasteiger partial charge in [0.25, 0.3) is 0 Å². The van der Waals surface area contributed by atoms with E-state index in [2.05, 4.69) is 49.2 Å². The Bertz CT molecular complexity index is 3900. The van der Waals surface area contributed by atoms with Crippen LogP contribution < -0.4 is 35.5 Å². The molecule has 27 heteroatoms. The predicted molar refractivity (Wildman–Crippen MR) is 337 cm³/mol. The predicted octanol–water partition coefficient (Wildman–Crippen LogP) is 6.60. The fraction of sp³-hybridized carbons (Fsp3) is 0.515. The minimum Gasteiger partial charge on any atom is -0.475 e. The summed E-state index contributed by atoms with van der Waals surface area (Å²) in [6.07, 6.45) is 1.85. The first-order valence-electron chi connectivity index (χ1n) is 30.3. The van der Waals surface area contributed by atoms with E-state index in [1.807, 2.05) is 52.0 Å². The Balaban J connectivity index is 0.000000177. The zero-order valence-corrected chi connectivity index (χ0v) is 51.7. The molecule has 9 heterocycles. The lowest BCUT2D eigenvalue weighted by molar-refractivity contribution is -0.102. The molecule has 3 aromatic heterocycles. The Labute approximate surface area is 537 Å². The summed E-state index contributed by atoms with van der Waals surface area (Å²) in [5, 5.41) is 20.0. The third kappa shape index (κ3) is 18.2. The van der Waals surface area contributed by atoms with E-state index in [0.29, 0.717) is 102 Å². The number of halogens is 3. The van der Waals surface area contributed by atoms with Gasteiger partial charge in [-0.1, -0.05) is 78.7 Å². The van der Waals surface area contributed by atoms with E-state index >= 15 is 0 Å². The van der Waals surface area contributed by atoms with Gasteiger partial charge in [-0.25, -0.2) is 14.4 Å². The first-order chi connectivity index (χ1) is 43.7. The minimum absolute atomic E-state index is 0. The molecular weight excluding hydrogens is 1240 g/mol. The third-order valence-electron chi connectivity index (χ3n) is 15.8. The number of benzene rings is 3. The molecule has 5 atom stereocenters. The molecule has 0 radical (unpaired) electrons. The second-order valence-corrected chi connectivity index (χ2v) is 24.6. The fourth-order valence-electron chi connectivity index (χ4n) is 10.7. The summed E-state index contributed by atoms with van der Waals surface area (Å²) in [7, 11) is -5.78. The lowest BCUT2D eigenvalue weighted by Crippen LogP contribution is -2.34. The molecule has 3 aromatic carbocycles. The lowest BCUT2D eigenvalue weighted by Gasteiger charge is -2.24. The number of aliphatic hydroxyl groups excluding tert-OH is 2. The summed E-state index contributed by atoms with van der Waals surface area (Å²) in [5.41, 5.74) is 2.83. The number of aliphatic hydroxyl groups is 2. The van der Waals surface area contributed by atoms with Crippen LogP contribution in [0.25, 0.3) is 33.8 Å². The standard InChI is InChI=1S/C23H30N2O5.C23H26N2O5.C18H17F3N2O7S.2CH4/c2*1-15(2)21(26)6-4-16-3-5-19-17(11-16)7-8-25-20(19)12-22(24-23(25)27)30-14-18-13-28-9-10-29-18;19-18(20,21)31(25,26)30-12-1-2-14-11(7-12)3-4-23-15(14)8-16(22-17(23)24)29-10-13-9-27-5-6-28-13;;/h3,5,11-12,15,18,21,26H,4,6-10,13-14H2,1-2H3;3,5,11-12,15,18,21,26H,7-10,13-14H2,1-2H3;1-2,7-8,13H,3-6,9-10H2;2*1H4/t2*18-,21?;13-;;/m000../s1. The van der Waals surface area contributed by atoms with Crippen molar-refractivity contribution < 1.29 is 78.6 Å². The third-order valence-corrected chi connectivity index (χ3v) is 16.8. The van der Waals surface area contributed by atoms with Crippen LogP contribution in [-0.2, 0) is 83.9 Å². The lowest BCUT2D eigenvalue weighted by atomic mass is 9.93. The van der Waals surface area contributed by atoms with E-state index in [1.54, 1.807) is 15.2 Å². The topological polar surface area (TPSA) is 272 Å². The number of ether oxygens (including phenoxy) is 9. The van der Waals surface area contributed by atoms with E-state index in [-0.39, 0.29) is 100 Å². The number of alkyl halides is 3. The number of fused-ring (bicyclic) bond motifs is 9. The van der Waals surface area contributed by atoms with Crippen molar-refractivity contribution in [3.8, 4) is 69.0 Å². The SMILES string of the molecule is C.C.CC(C)C(O)C#Cc1ccc2c(c1)CCn1c-2cc(OC[C@@H]2COCCO2)nc1=O.CC(C)C(O)CCc1ccc2c(c1)CCn1c-2cc(OC[C@@H]2COCCO2)nc1=O.O=c1nc(OC[C@@H]2COCCO2)cc2n1CCc1cc(OS(=O)(=O)C(F)(F)F)ccc1-2. The van der Waals surface area contributed by atoms with Gasteiger partial charge in [-0.3, -0.25) is 13.7 Å². The highest BCUT2D eigenvalue weighted by Crippen LogP contribution is 2.36. The molecule has 6 aliphatic rings. The molecule has 504 valence electrons. The molecule has 2 N–H and O–H groups in total. The van der Waals surface area contributed by atoms with Gasteiger partial charge in [-0.15, -0.1) is 0 Å². The highest BCUT2D eigenvalue weighted by Gasteiger charge is 2.48. The summed E-state index contributed by atoms with van der Waals surface area (Å²) in [4.78, 5) is 49.5. The van der Waals surface area contributed by atoms with Crippen LogP contribution in [0.15, 0.2) is 87.2 Å². The summed E-state index contributed by atoms with van der Waals surface area (Å²) in [6, 6.07) is 21.1. The zero-order chi connectivity index (χ0) is 64.4. The highest BCUT2D eigenvalue weighted by molar-refractivity contribution is 7.88. The van der Waals surface area contributed by atoms with Crippen molar-refractivity contribution in [1.29, 1.82) is 0 Å². The van der Waals surface area contributed by atoms with E-state index in [4.69, 9.17) is 42.6 Å². The first kappa shape index (κ1) is 71.3. The van der Waals surface area contributed by atoms with Gasteiger partial charge < -0.3 is 57.0 Å². The second-order valence-electron chi connectivity index (χ2n) is 23.1. The summed E-state index contributed by atoms with van der Waals surface area (Å²) in [6.45, 7) is 14.6. The molecule has 6 aromatic rings. The highest BCUT2D eigenvalue weighted by atomic mass is 32.2. The molecule has 0 aliphatic carbocycles. The number of nitrogens with zero attached hydrogens (tertiary/aromatic N) is 6. The fourth-order valence-corrected chi connectivity index (χ4v) is 11.2. The molecule has 93 heavy (non-hydrogen) atoms. The van der Waals surface area contributed by atoms with E-state index in [0.717, 1.165) is 65.4 Å². The number of aromatic nitrogens is 6. The van der Waals surface area contributed by atoms with Gasteiger partial charge in [0.1, 0.15) is 50.0 Å². The van der Waals surface area contributed by atoms with E-state index < -0.39 is 33.2 Å². The molecule has 0 saturated carbocycles. The summed E-state index contributed by atoms with van der Waals surface area (Å²) < 4.78 is 119. The maximum absolute atomic E-state index is 12.6. The normalized spacial score (nSPS) is 18.5. The summed E-state index contributed by atoms with van der Waals surface area (Å²) in [5.74, 6) is 6.49. The van der Waals surface area contributed by atoms with Crippen LogP contribution in [0.4, 0.5) is 13.2 Å². The Morgan fingerprint density at radius 2 is 1.00 bits per heavy atom. The molecule has 0 amide bonds. The maximum atomic E-state index is 12.6. The van der Waals surface area contributed by atoms with Gasteiger partial charge in [0.2, 0.25) is 17.6 Å². The number of hydrogen-bond acceptors (Lipinski definition) is 20. The number of hydrogen-bond donors (Lipinski definition) is 2. The molecule has 0 spiro atoms. The zero-order valence-electron chi connectivity index (χ0n) is 50.9. The van der Waals surface area contributed by atoms with Crippen molar-refractivity contribution >= 4 is 10.1 Å². The van der Waals surface area contributed by atoms with Gasteiger partial charge in [-0.2, -0.15) is 36.5 Å². The van der Waals surface area contributed by atoms with Crippen LogP contribution in [-0.4, -0.2) is 163 Å². The Kier molecular flexibility index (Phi) is 24.6. The van der Waals surface area contributed by atoms with Crippen LogP contribution in [0.2, 0.25) is 0 Å². The molecule has 12 rings (SSSR count). The molecule has 6 aliphatic heterocycles. The van der Waals surface area contributed by atoms with Crippen molar-refractivity contribution in [3.05, 3.63) is 132 Å². The van der Waals surface area contributed by atoms with E-state index in [1.165, 1.54) is 33.9 Å². The average Bonchev–Trinajstić information content (AvgIpc) is 0.834. The smallest absolute Gasteiger partial charge is 0.475 e. The van der Waals surface area contributed by atoms with Crippen LogP contribution in [0, 0.1) is 23.7 Å². The van der Waals surface area contributed by atoms with Gasteiger partial charge in [-0.05, 0) is 96.5 Å². The number of rotatable bonds is 16. The van der Waals surface area contributed by atoms with Crippen LogP contribution in [0.1, 0.15) is 76.8 Å². The maximum Gasteiger partial charge on any atom is 0.534 e. The molecule has 2 unspecified atom stereocenters. The Morgan fingerprint density at radius 1 is 0.581 bits per heavy atom. The molecule has 3 saturated heterocycles. The molecule has 23 nitrogen and oxygen atoms in total. The van der Waals surface area contributed by atoms with Crippen molar-refractivity contribution in [2.24, 2.45) is 11.8 Å². The van der Waals surface area contributed by atoms with Gasteiger partial charge in [0, 0.05) is 60.1 Å². The quantitative estimate of drug-likeness (QED) is 0.0587. The Hall–Kier alpha value is -7.52. The van der Waals surface area contributed by atoms with Gasteiger partial charge in [0.05, 0.1) is 82.6 Å².